The maximum absolute atomic E-state index is 9.73. The first-order chi connectivity index (χ1) is 5.80. The lowest BCUT2D eigenvalue weighted by Crippen LogP contribution is -2.27. The topological polar surface area (TPSA) is 83.0 Å². The molecule has 0 aliphatic heterocycles. The fourth-order valence-corrected chi connectivity index (χ4v) is 0.259. The number of hydrogen-bond donors (Lipinski definition) is 0. The van der Waals surface area contributed by atoms with Crippen molar-refractivity contribution in [3.05, 3.63) is 16.3 Å². The summed E-state index contributed by atoms with van der Waals surface area (Å²) in [4.78, 5) is 9.07. The Morgan fingerprint density at radius 1 is 1.46 bits per heavy atom. The monoisotopic (exact) mass is 187 g/mol. The van der Waals surface area contributed by atoms with Crippen LogP contribution in [0.4, 0.5) is 5.82 Å². The first-order valence-corrected chi connectivity index (χ1v) is 3.55. The van der Waals surface area contributed by atoms with E-state index in [1.807, 2.05) is 0 Å². The molecule has 0 amide bonds. The van der Waals surface area contributed by atoms with Crippen LogP contribution >= 0.6 is 0 Å². The van der Waals surface area contributed by atoms with Crippen LogP contribution in [0.5, 0.6) is 0 Å². The van der Waals surface area contributed by atoms with Gasteiger partial charge in [0.2, 0.25) is 0 Å². The average molecular weight is 187 g/mol. The third-order valence-electron chi connectivity index (χ3n) is 0.559. The van der Waals surface area contributed by atoms with Gasteiger partial charge in [0, 0.05) is 0 Å². The Hall–Kier alpha value is -1.50. The molecule has 0 saturated carbocycles. The summed E-state index contributed by atoms with van der Waals surface area (Å²) in [6.07, 6.45) is 0.986. The lowest BCUT2D eigenvalue weighted by molar-refractivity contribution is -0.849. The van der Waals surface area contributed by atoms with Crippen LogP contribution in [0.3, 0.4) is 0 Å². The normalized spacial score (nSPS) is 10.2. The predicted octanol–water partition coefficient (Wildman–Crippen LogP) is -0.336. The second-order valence-electron chi connectivity index (χ2n) is 3.73. The van der Waals surface area contributed by atoms with E-state index >= 15 is 0 Å². The van der Waals surface area contributed by atoms with Crippen LogP contribution in [-0.2, 0) is 0 Å². The minimum atomic E-state index is -0.653. The zero-order valence-electron chi connectivity index (χ0n) is 8.13. The second-order valence-corrected chi connectivity index (χ2v) is 3.73. The van der Waals surface area contributed by atoms with Gasteiger partial charge in [-0.05, 0) is 4.92 Å². The number of nitrogens with zero attached hydrogens (tertiary/aromatic N) is 5. The largest absolute Gasteiger partial charge is 0.372 e. The number of nitro groups is 1. The Morgan fingerprint density at radius 3 is 2.08 bits per heavy atom. The molecule has 0 N–H and O–H groups in total. The Morgan fingerprint density at radius 2 is 1.92 bits per heavy atom. The summed E-state index contributed by atoms with van der Waals surface area (Å²) >= 11 is 0. The lowest BCUT2D eigenvalue weighted by atomic mass is 10.8. The molecule has 0 radical (unpaired) electrons. The second kappa shape index (κ2) is 4.51. The van der Waals surface area contributed by atoms with Gasteiger partial charge < -0.3 is 24.9 Å². The van der Waals surface area contributed by atoms with Gasteiger partial charge in [0.1, 0.15) is 6.20 Å². The highest BCUT2D eigenvalue weighted by Crippen LogP contribution is 1.97. The van der Waals surface area contributed by atoms with E-state index in [4.69, 9.17) is 0 Å². The molecule has 0 spiro atoms. The van der Waals surface area contributed by atoms with Crippen LogP contribution in [0, 0.1) is 10.1 Å². The highest BCUT2D eigenvalue weighted by Gasteiger charge is 1.98. The van der Waals surface area contributed by atoms with Crippen molar-refractivity contribution in [3.63, 3.8) is 0 Å². The number of quaternary nitrogens is 1. The zero-order valence-corrected chi connectivity index (χ0v) is 8.13. The van der Waals surface area contributed by atoms with E-state index in [2.05, 4.69) is 43.6 Å². The maximum atomic E-state index is 9.73. The van der Waals surface area contributed by atoms with E-state index < -0.39 is 4.92 Å². The minimum absolute atomic E-state index is 0.315. The van der Waals surface area contributed by atoms with Gasteiger partial charge in [-0.3, -0.25) is 0 Å². The molecule has 0 atom stereocenters. The number of hydrogen-bond acceptors (Lipinski definition) is 4. The van der Waals surface area contributed by atoms with Crippen LogP contribution in [0.25, 0.3) is 0 Å². The Balaban J connectivity index is 0.000000252. The molecule has 0 aromatic carbocycles. The van der Waals surface area contributed by atoms with Gasteiger partial charge in [0.25, 0.3) is 0 Å². The highest BCUT2D eigenvalue weighted by atomic mass is 16.6. The SMILES string of the molecule is C[N+](C)(C)C.O=[N+]([O-])c1cn[n-]n1. The molecule has 7 nitrogen and oxygen atoms in total. The van der Waals surface area contributed by atoms with Gasteiger partial charge in [-0.25, -0.2) is 0 Å². The van der Waals surface area contributed by atoms with Crippen molar-refractivity contribution >= 4 is 5.82 Å². The molecular formula is C6H13N5O2. The molecule has 13 heavy (non-hydrogen) atoms. The molecule has 7 heteroatoms. The molecule has 0 aliphatic rings. The smallest absolute Gasteiger partial charge is 0.366 e. The minimum Gasteiger partial charge on any atom is -0.372 e. The summed E-state index contributed by atoms with van der Waals surface area (Å²) in [5.41, 5.74) is 0. The van der Waals surface area contributed by atoms with E-state index in [9.17, 15) is 10.1 Å². The van der Waals surface area contributed by atoms with Gasteiger partial charge in [0.05, 0.1) is 28.2 Å². The fraction of sp³-hybridized carbons (Fsp3) is 0.667. The van der Waals surface area contributed by atoms with Gasteiger partial charge in [-0.15, -0.1) is 5.10 Å². The first kappa shape index (κ1) is 11.5. The maximum Gasteiger partial charge on any atom is 0.366 e. The van der Waals surface area contributed by atoms with Crippen molar-refractivity contribution in [2.24, 2.45) is 0 Å². The molecule has 0 fully saturated rings. The quantitative estimate of drug-likeness (QED) is 0.341. The van der Waals surface area contributed by atoms with Gasteiger partial charge in [0.15, 0.2) is 0 Å². The molecule has 0 aliphatic carbocycles. The highest BCUT2D eigenvalue weighted by molar-refractivity contribution is 5.06. The van der Waals surface area contributed by atoms with Crippen LogP contribution in [0.2, 0.25) is 0 Å². The summed E-state index contributed by atoms with van der Waals surface area (Å²) in [5.74, 6) is -0.315. The van der Waals surface area contributed by atoms with E-state index in [0.717, 1.165) is 10.7 Å². The van der Waals surface area contributed by atoms with Crippen LogP contribution in [0.1, 0.15) is 0 Å². The molecule has 1 aromatic rings. The van der Waals surface area contributed by atoms with Crippen molar-refractivity contribution in [3.8, 4) is 0 Å². The molecule has 0 unspecified atom stereocenters. The number of aromatic nitrogens is 3. The van der Waals surface area contributed by atoms with Crippen molar-refractivity contribution in [1.29, 1.82) is 0 Å². The molecule has 1 aromatic heterocycles. The summed E-state index contributed by atoms with van der Waals surface area (Å²) in [5, 5.41) is 18.9. The molecule has 1 heterocycles. The van der Waals surface area contributed by atoms with Gasteiger partial charge in [-0.2, -0.15) is 0 Å². The number of rotatable bonds is 1. The first-order valence-electron chi connectivity index (χ1n) is 3.55. The van der Waals surface area contributed by atoms with Crippen LogP contribution in [-0.4, -0.2) is 47.8 Å². The van der Waals surface area contributed by atoms with E-state index in [1.165, 1.54) is 0 Å². The Bertz CT molecular complexity index is 244. The standard InChI is InChI=1S/C4H12N.C2HN4O2/c1-5(2,3)4;7-6(8)2-1-3-5-4-2/h1-4H3;1H/q+1;-1. The molecule has 1 rings (SSSR count). The molecule has 0 saturated heterocycles. The van der Waals surface area contributed by atoms with E-state index in [0.29, 0.717) is 0 Å². The van der Waals surface area contributed by atoms with Crippen molar-refractivity contribution in [2.75, 3.05) is 28.2 Å². The average Bonchev–Trinajstić information content (AvgIpc) is 2.31. The summed E-state index contributed by atoms with van der Waals surface area (Å²) in [7, 11) is 8.50. The third kappa shape index (κ3) is 8.41. The van der Waals surface area contributed by atoms with Crippen molar-refractivity contribution < 1.29 is 9.41 Å². The summed E-state index contributed by atoms with van der Waals surface area (Å²) in [6, 6.07) is 0. The van der Waals surface area contributed by atoms with E-state index in [1.54, 1.807) is 0 Å². The summed E-state index contributed by atoms with van der Waals surface area (Å²) < 4.78 is 1.00. The molecule has 74 valence electrons. The van der Waals surface area contributed by atoms with Crippen LogP contribution < -0.4 is 5.21 Å². The van der Waals surface area contributed by atoms with Crippen molar-refractivity contribution in [2.45, 2.75) is 0 Å². The van der Waals surface area contributed by atoms with Crippen molar-refractivity contribution in [1.82, 2.24) is 15.4 Å². The fourth-order valence-electron chi connectivity index (χ4n) is 0.259. The predicted molar refractivity (Wildman–Crippen MR) is 46.0 cm³/mol. The van der Waals surface area contributed by atoms with Gasteiger partial charge >= 0.3 is 5.82 Å². The Labute approximate surface area is 76.1 Å². The Kier molecular flexibility index (Phi) is 3.99. The molecular weight excluding hydrogens is 174 g/mol. The lowest BCUT2D eigenvalue weighted by Gasteiger charge is -2.14. The third-order valence-corrected chi connectivity index (χ3v) is 0.559. The van der Waals surface area contributed by atoms with Crippen LogP contribution in [0.15, 0.2) is 6.20 Å². The zero-order chi connectivity index (χ0) is 10.5. The summed E-state index contributed by atoms with van der Waals surface area (Å²) in [6.45, 7) is 0. The van der Waals surface area contributed by atoms with Gasteiger partial charge in [-0.1, -0.05) is 0 Å². The van der Waals surface area contributed by atoms with E-state index in [-0.39, 0.29) is 5.82 Å². The molecule has 0 bridgehead atoms.